The van der Waals surface area contributed by atoms with Gasteiger partial charge in [-0.2, -0.15) is 5.26 Å². The van der Waals surface area contributed by atoms with Crippen LogP contribution >= 0.6 is 0 Å². The fourth-order valence-electron chi connectivity index (χ4n) is 2.80. The third-order valence-electron chi connectivity index (χ3n) is 4.04. The average molecular weight is 338 g/mol. The summed E-state index contributed by atoms with van der Waals surface area (Å²) in [6.07, 6.45) is 0. The second kappa shape index (κ2) is 6.61. The lowest BCUT2D eigenvalue weighted by Crippen LogP contribution is -1.97. The summed E-state index contributed by atoms with van der Waals surface area (Å²) < 4.78 is 5.34. The Morgan fingerprint density at radius 3 is 2.58 bits per heavy atom. The number of benzene rings is 2. The summed E-state index contributed by atoms with van der Waals surface area (Å²) in [7, 11) is 1.64. The molecule has 2 heterocycles. The smallest absolute Gasteiger partial charge is 0.179 e. The van der Waals surface area contributed by atoms with Gasteiger partial charge in [-0.05, 0) is 30.3 Å². The maximum atomic E-state index is 9.10. The maximum absolute atomic E-state index is 9.10. The van der Waals surface area contributed by atoms with Gasteiger partial charge in [0.25, 0.3) is 0 Å². The molecular weight excluding hydrogens is 324 g/mol. The van der Waals surface area contributed by atoms with Crippen LogP contribution in [0.25, 0.3) is 33.7 Å². The van der Waals surface area contributed by atoms with E-state index in [4.69, 9.17) is 15.0 Å². The van der Waals surface area contributed by atoms with Crippen LogP contribution in [0, 0.1) is 11.3 Å². The zero-order valence-electron chi connectivity index (χ0n) is 14.0. The van der Waals surface area contributed by atoms with Gasteiger partial charge in [0.05, 0.1) is 18.3 Å². The molecule has 0 amide bonds. The van der Waals surface area contributed by atoms with E-state index in [0.717, 1.165) is 27.9 Å². The lowest BCUT2D eigenvalue weighted by Gasteiger charge is -2.10. The van der Waals surface area contributed by atoms with Crippen molar-refractivity contribution in [3.05, 3.63) is 72.4 Å². The molecule has 5 heteroatoms. The van der Waals surface area contributed by atoms with Gasteiger partial charge in [0, 0.05) is 10.9 Å². The summed E-state index contributed by atoms with van der Waals surface area (Å²) in [4.78, 5) is 13.7. The first-order chi connectivity index (χ1) is 12.8. The number of para-hydroxylation sites is 1. The Bertz CT molecular complexity index is 1150. The van der Waals surface area contributed by atoms with Crippen LogP contribution in [0.2, 0.25) is 0 Å². The Morgan fingerprint density at radius 1 is 0.885 bits per heavy atom. The fraction of sp³-hybridized carbons (Fsp3) is 0.0476. The van der Waals surface area contributed by atoms with Crippen LogP contribution in [-0.2, 0) is 0 Å². The number of ether oxygens (including phenoxy) is 1. The molecule has 0 aliphatic carbocycles. The van der Waals surface area contributed by atoms with E-state index < -0.39 is 0 Å². The van der Waals surface area contributed by atoms with E-state index in [1.165, 1.54) is 0 Å². The largest absolute Gasteiger partial charge is 0.497 e. The molecule has 2 aromatic heterocycles. The minimum atomic E-state index is 0.335. The fourth-order valence-corrected chi connectivity index (χ4v) is 2.80. The predicted molar refractivity (Wildman–Crippen MR) is 99.5 cm³/mol. The summed E-state index contributed by atoms with van der Waals surface area (Å²) in [6, 6.07) is 22.9. The van der Waals surface area contributed by atoms with Gasteiger partial charge >= 0.3 is 0 Å². The number of aromatic nitrogens is 3. The Hall–Kier alpha value is -3.78. The van der Waals surface area contributed by atoms with Gasteiger partial charge in [-0.15, -0.1) is 0 Å². The monoisotopic (exact) mass is 338 g/mol. The van der Waals surface area contributed by atoms with Crippen LogP contribution in [0.5, 0.6) is 5.75 Å². The summed E-state index contributed by atoms with van der Waals surface area (Å²) in [5.74, 6) is 1.25. The zero-order valence-corrected chi connectivity index (χ0v) is 14.0. The van der Waals surface area contributed by atoms with Gasteiger partial charge in [0.15, 0.2) is 5.82 Å². The molecule has 0 atom stereocenters. The van der Waals surface area contributed by atoms with Gasteiger partial charge in [-0.1, -0.05) is 36.4 Å². The zero-order chi connectivity index (χ0) is 17.9. The Labute approximate surface area is 150 Å². The molecule has 26 heavy (non-hydrogen) atoms. The number of fused-ring (bicyclic) bond motifs is 1. The van der Waals surface area contributed by atoms with Crippen molar-refractivity contribution in [1.29, 1.82) is 5.26 Å². The number of pyridine rings is 1. The minimum Gasteiger partial charge on any atom is -0.497 e. The molecule has 0 unspecified atom stereocenters. The van der Waals surface area contributed by atoms with Crippen molar-refractivity contribution < 1.29 is 4.74 Å². The van der Waals surface area contributed by atoms with Crippen LogP contribution in [0.4, 0.5) is 0 Å². The molecule has 0 aliphatic rings. The van der Waals surface area contributed by atoms with Gasteiger partial charge in [0.2, 0.25) is 0 Å². The normalized spacial score (nSPS) is 10.5. The molecular formula is C21H14N4O. The highest BCUT2D eigenvalue weighted by Crippen LogP contribution is 2.30. The van der Waals surface area contributed by atoms with Crippen molar-refractivity contribution in [2.45, 2.75) is 0 Å². The number of hydrogen-bond acceptors (Lipinski definition) is 5. The Morgan fingerprint density at radius 2 is 1.73 bits per heavy atom. The highest BCUT2D eigenvalue weighted by molar-refractivity contribution is 5.93. The molecule has 0 fully saturated rings. The summed E-state index contributed by atoms with van der Waals surface area (Å²) in [5.41, 5.74) is 3.45. The number of nitrogens with zero attached hydrogens (tertiary/aromatic N) is 4. The number of methoxy groups -OCH3 is 1. The quantitative estimate of drug-likeness (QED) is 0.559. The second-order valence-corrected chi connectivity index (χ2v) is 5.66. The van der Waals surface area contributed by atoms with Crippen molar-refractivity contribution in [2.75, 3.05) is 7.11 Å². The molecule has 5 nitrogen and oxygen atoms in total. The van der Waals surface area contributed by atoms with Crippen molar-refractivity contribution in [3.63, 3.8) is 0 Å². The molecule has 0 saturated carbocycles. The second-order valence-electron chi connectivity index (χ2n) is 5.66. The van der Waals surface area contributed by atoms with Crippen molar-refractivity contribution >= 4 is 10.9 Å². The molecule has 2 aromatic carbocycles. The molecule has 124 valence electrons. The van der Waals surface area contributed by atoms with Crippen LogP contribution in [0.3, 0.4) is 0 Å². The van der Waals surface area contributed by atoms with Crippen molar-refractivity contribution in [1.82, 2.24) is 15.0 Å². The first-order valence-electron chi connectivity index (χ1n) is 8.07. The van der Waals surface area contributed by atoms with E-state index in [2.05, 4.69) is 16.0 Å². The van der Waals surface area contributed by atoms with Crippen LogP contribution in [0.1, 0.15) is 5.69 Å². The topological polar surface area (TPSA) is 71.7 Å². The minimum absolute atomic E-state index is 0.335. The van der Waals surface area contributed by atoms with E-state index in [9.17, 15) is 0 Å². The third-order valence-corrected chi connectivity index (χ3v) is 4.04. The first kappa shape index (κ1) is 15.7. The molecule has 0 N–H and O–H groups in total. The lowest BCUT2D eigenvalue weighted by atomic mass is 10.1. The Kier molecular flexibility index (Phi) is 4.00. The average Bonchev–Trinajstić information content (AvgIpc) is 2.73. The number of nitriles is 1. The van der Waals surface area contributed by atoms with E-state index in [-0.39, 0.29) is 0 Å². The highest BCUT2D eigenvalue weighted by Gasteiger charge is 2.13. The van der Waals surface area contributed by atoms with Gasteiger partial charge in [-0.3, -0.25) is 0 Å². The SMILES string of the molecule is COc1cccc(-c2nc(-c3cccc(C#N)n3)nc3ccccc23)c1. The molecule has 0 radical (unpaired) electrons. The standard InChI is InChI=1S/C21H14N4O/c1-26-16-8-4-6-14(12-16)20-17-9-2-3-10-18(17)24-21(25-20)19-11-5-7-15(13-22)23-19/h2-12H,1H3. The van der Waals surface area contributed by atoms with Crippen molar-refractivity contribution in [3.8, 4) is 34.6 Å². The number of rotatable bonds is 3. The molecule has 4 aromatic rings. The van der Waals surface area contributed by atoms with E-state index in [1.807, 2.05) is 48.5 Å². The van der Waals surface area contributed by atoms with Gasteiger partial charge in [0.1, 0.15) is 23.2 Å². The maximum Gasteiger partial charge on any atom is 0.179 e. The Balaban J connectivity index is 1.98. The molecule has 0 bridgehead atoms. The van der Waals surface area contributed by atoms with Crippen LogP contribution in [-0.4, -0.2) is 22.1 Å². The summed E-state index contributed by atoms with van der Waals surface area (Å²) in [6.45, 7) is 0. The highest BCUT2D eigenvalue weighted by atomic mass is 16.5. The number of hydrogen-bond donors (Lipinski definition) is 0. The van der Waals surface area contributed by atoms with Crippen LogP contribution < -0.4 is 4.74 Å². The van der Waals surface area contributed by atoms with Gasteiger partial charge in [-0.25, -0.2) is 15.0 Å². The lowest BCUT2D eigenvalue weighted by molar-refractivity contribution is 0.415. The van der Waals surface area contributed by atoms with E-state index in [1.54, 1.807) is 25.3 Å². The summed E-state index contributed by atoms with van der Waals surface area (Å²) in [5, 5.41) is 10.0. The van der Waals surface area contributed by atoms with Crippen LogP contribution in [0.15, 0.2) is 66.7 Å². The third kappa shape index (κ3) is 2.85. The van der Waals surface area contributed by atoms with E-state index in [0.29, 0.717) is 17.2 Å². The molecule has 0 aliphatic heterocycles. The summed E-state index contributed by atoms with van der Waals surface area (Å²) >= 11 is 0. The van der Waals surface area contributed by atoms with Gasteiger partial charge < -0.3 is 4.74 Å². The molecule has 0 spiro atoms. The van der Waals surface area contributed by atoms with E-state index >= 15 is 0 Å². The van der Waals surface area contributed by atoms with Crippen molar-refractivity contribution in [2.24, 2.45) is 0 Å². The first-order valence-corrected chi connectivity index (χ1v) is 8.07. The predicted octanol–water partition coefficient (Wildman–Crippen LogP) is 4.24. The molecule has 4 rings (SSSR count). The molecule has 0 saturated heterocycles.